The molecule has 3 aromatic rings. The molecule has 5 nitrogen and oxygen atoms in total. The molecule has 0 aliphatic carbocycles. The Balaban J connectivity index is 1.40. The lowest BCUT2D eigenvalue weighted by atomic mass is 10.1. The van der Waals surface area contributed by atoms with Gasteiger partial charge in [0.25, 0.3) is 5.91 Å². The number of aromatic nitrogens is 2. The average molecular weight is 354 g/mol. The van der Waals surface area contributed by atoms with E-state index >= 15 is 0 Å². The fourth-order valence-electron chi connectivity index (χ4n) is 2.80. The first-order valence-corrected chi connectivity index (χ1v) is 8.39. The van der Waals surface area contributed by atoms with E-state index in [0.717, 1.165) is 11.4 Å². The summed E-state index contributed by atoms with van der Waals surface area (Å²) in [5.41, 5.74) is 1.53. The van der Waals surface area contributed by atoms with Crippen LogP contribution in [-0.2, 0) is 0 Å². The Hall–Kier alpha value is -2.79. The number of hydrogen-bond acceptors (Lipinski definition) is 3. The van der Waals surface area contributed by atoms with Gasteiger partial charge in [0.1, 0.15) is 17.7 Å². The Labute approximate surface area is 150 Å². The number of halogens is 1. The largest absolute Gasteiger partial charge is 0.485 e. The smallest absolute Gasteiger partial charge is 0.254 e. The maximum Gasteiger partial charge on any atom is 0.254 e. The van der Waals surface area contributed by atoms with E-state index in [0.29, 0.717) is 29.4 Å². The van der Waals surface area contributed by atoms with Crippen LogP contribution in [0.25, 0.3) is 11.4 Å². The zero-order valence-corrected chi connectivity index (χ0v) is 14.1. The Morgan fingerprint density at radius 2 is 2.04 bits per heavy atom. The van der Waals surface area contributed by atoms with Gasteiger partial charge in [-0.1, -0.05) is 35.9 Å². The molecule has 4 rings (SSSR count). The number of rotatable bonds is 4. The van der Waals surface area contributed by atoms with Crippen LogP contribution in [0.2, 0.25) is 5.02 Å². The Morgan fingerprint density at radius 3 is 2.80 bits per heavy atom. The highest BCUT2D eigenvalue weighted by atomic mass is 35.5. The summed E-state index contributed by atoms with van der Waals surface area (Å²) in [6.07, 6.45) is 3.42. The molecule has 1 saturated heterocycles. The van der Waals surface area contributed by atoms with Gasteiger partial charge < -0.3 is 14.6 Å². The van der Waals surface area contributed by atoms with Crippen LogP contribution in [-0.4, -0.2) is 40.0 Å². The number of H-pyrrole nitrogens is 1. The highest BCUT2D eigenvalue weighted by Crippen LogP contribution is 2.27. The van der Waals surface area contributed by atoms with E-state index in [9.17, 15) is 4.79 Å². The number of hydrogen-bond donors (Lipinski definition) is 1. The number of imidazole rings is 1. The summed E-state index contributed by atoms with van der Waals surface area (Å²) >= 11 is 6.10. The van der Waals surface area contributed by atoms with Crippen LogP contribution in [0, 0.1) is 0 Å². The predicted octanol–water partition coefficient (Wildman–Crippen LogP) is 3.63. The van der Waals surface area contributed by atoms with E-state index in [1.54, 1.807) is 23.4 Å². The van der Waals surface area contributed by atoms with Crippen molar-refractivity contribution in [2.24, 2.45) is 0 Å². The lowest BCUT2D eigenvalue weighted by Gasteiger charge is -2.39. The van der Waals surface area contributed by atoms with Gasteiger partial charge in [-0.05, 0) is 24.3 Å². The average Bonchev–Trinajstić information content (AvgIpc) is 3.13. The Bertz CT molecular complexity index is 889. The third-order valence-corrected chi connectivity index (χ3v) is 4.46. The highest BCUT2D eigenvalue weighted by molar-refractivity contribution is 6.32. The molecular formula is C19H16ClN3O2. The summed E-state index contributed by atoms with van der Waals surface area (Å²) < 4.78 is 5.84. The van der Waals surface area contributed by atoms with E-state index in [1.807, 2.05) is 42.5 Å². The third-order valence-electron chi connectivity index (χ3n) is 4.15. The number of likely N-dealkylation sites (tertiary alicyclic amines) is 1. The maximum atomic E-state index is 12.6. The van der Waals surface area contributed by atoms with Crippen molar-refractivity contribution in [3.8, 4) is 17.1 Å². The van der Waals surface area contributed by atoms with E-state index in [2.05, 4.69) is 9.97 Å². The monoisotopic (exact) mass is 353 g/mol. The molecule has 1 aliphatic rings. The molecule has 2 heterocycles. The van der Waals surface area contributed by atoms with Crippen molar-refractivity contribution in [3.63, 3.8) is 0 Å². The number of amides is 1. The van der Waals surface area contributed by atoms with Gasteiger partial charge in [-0.25, -0.2) is 4.98 Å². The zero-order chi connectivity index (χ0) is 17.2. The molecule has 1 N–H and O–H groups in total. The molecule has 1 aliphatic heterocycles. The van der Waals surface area contributed by atoms with E-state index in [-0.39, 0.29) is 12.0 Å². The van der Waals surface area contributed by atoms with Crippen molar-refractivity contribution in [3.05, 3.63) is 71.5 Å². The number of para-hydroxylation sites is 1. The summed E-state index contributed by atoms with van der Waals surface area (Å²) in [6, 6.07) is 14.8. The minimum Gasteiger partial charge on any atom is -0.485 e. The standard InChI is InChI=1S/C19H16ClN3O2/c20-16-6-1-2-7-17(16)25-15-11-23(12-15)19(24)14-5-3-4-13(10-14)18-21-8-9-22-18/h1-10,15H,11-12H2,(H,21,22). The molecule has 6 heteroatoms. The summed E-state index contributed by atoms with van der Waals surface area (Å²) in [4.78, 5) is 21.7. The van der Waals surface area contributed by atoms with Crippen LogP contribution in [0.1, 0.15) is 10.4 Å². The van der Waals surface area contributed by atoms with Gasteiger partial charge in [0, 0.05) is 23.5 Å². The third kappa shape index (κ3) is 3.23. The molecule has 2 aromatic carbocycles. The first-order valence-electron chi connectivity index (χ1n) is 8.01. The second kappa shape index (κ2) is 6.61. The topological polar surface area (TPSA) is 58.2 Å². The van der Waals surface area contributed by atoms with Crippen LogP contribution in [0.5, 0.6) is 5.75 Å². The van der Waals surface area contributed by atoms with Gasteiger partial charge in [-0.2, -0.15) is 0 Å². The first-order chi connectivity index (χ1) is 12.2. The maximum absolute atomic E-state index is 12.6. The van der Waals surface area contributed by atoms with E-state index in [4.69, 9.17) is 16.3 Å². The molecule has 0 atom stereocenters. The van der Waals surface area contributed by atoms with Gasteiger partial charge in [0.2, 0.25) is 0 Å². The number of nitrogens with zero attached hydrogens (tertiary/aromatic N) is 2. The van der Waals surface area contributed by atoms with Crippen molar-refractivity contribution < 1.29 is 9.53 Å². The number of ether oxygens (including phenoxy) is 1. The van der Waals surface area contributed by atoms with Crippen LogP contribution < -0.4 is 4.74 Å². The summed E-state index contributed by atoms with van der Waals surface area (Å²) in [5.74, 6) is 1.40. The van der Waals surface area contributed by atoms with Gasteiger partial charge >= 0.3 is 0 Å². The second-order valence-electron chi connectivity index (χ2n) is 5.90. The summed E-state index contributed by atoms with van der Waals surface area (Å²) in [6.45, 7) is 1.10. The van der Waals surface area contributed by atoms with Crippen LogP contribution >= 0.6 is 11.6 Å². The number of carbonyl (C=O) groups is 1. The quantitative estimate of drug-likeness (QED) is 0.779. The van der Waals surface area contributed by atoms with Gasteiger partial charge in [-0.15, -0.1) is 0 Å². The number of carbonyl (C=O) groups excluding carboxylic acids is 1. The Morgan fingerprint density at radius 1 is 1.20 bits per heavy atom. The SMILES string of the molecule is O=C(c1cccc(-c2ncc[nH]2)c1)N1CC(Oc2ccccc2Cl)C1. The van der Waals surface area contributed by atoms with Crippen molar-refractivity contribution >= 4 is 17.5 Å². The molecule has 1 fully saturated rings. The second-order valence-corrected chi connectivity index (χ2v) is 6.31. The normalized spacial score (nSPS) is 14.2. The lowest BCUT2D eigenvalue weighted by Crippen LogP contribution is -2.56. The molecule has 0 radical (unpaired) electrons. The highest BCUT2D eigenvalue weighted by Gasteiger charge is 2.33. The molecule has 0 saturated carbocycles. The van der Waals surface area contributed by atoms with Gasteiger partial charge in [0.15, 0.2) is 0 Å². The van der Waals surface area contributed by atoms with Gasteiger partial charge in [0.05, 0.1) is 18.1 Å². The van der Waals surface area contributed by atoms with Crippen molar-refractivity contribution in [1.82, 2.24) is 14.9 Å². The van der Waals surface area contributed by atoms with Crippen molar-refractivity contribution in [1.29, 1.82) is 0 Å². The van der Waals surface area contributed by atoms with Gasteiger partial charge in [-0.3, -0.25) is 4.79 Å². The summed E-state index contributed by atoms with van der Waals surface area (Å²) in [5, 5.41) is 0.582. The predicted molar refractivity (Wildman–Crippen MR) is 95.8 cm³/mol. The van der Waals surface area contributed by atoms with Crippen molar-refractivity contribution in [2.75, 3.05) is 13.1 Å². The summed E-state index contributed by atoms with van der Waals surface area (Å²) in [7, 11) is 0. The van der Waals surface area contributed by atoms with Crippen LogP contribution in [0.4, 0.5) is 0 Å². The molecule has 1 amide bonds. The first kappa shape index (κ1) is 15.7. The molecule has 0 bridgehead atoms. The fourth-order valence-corrected chi connectivity index (χ4v) is 2.98. The lowest BCUT2D eigenvalue weighted by molar-refractivity contribution is 0.0178. The molecular weight excluding hydrogens is 338 g/mol. The molecule has 1 aromatic heterocycles. The molecule has 126 valence electrons. The molecule has 25 heavy (non-hydrogen) atoms. The van der Waals surface area contributed by atoms with Crippen molar-refractivity contribution in [2.45, 2.75) is 6.10 Å². The Kier molecular flexibility index (Phi) is 4.15. The minimum absolute atomic E-state index is 0.00702. The fraction of sp³-hybridized carbons (Fsp3) is 0.158. The number of aromatic amines is 1. The minimum atomic E-state index is -0.0305. The van der Waals surface area contributed by atoms with E-state index in [1.165, 1.54) is 0 Å². The number of nitrogens with one attached hydrogen (secondary N) is 1. The van der Waals surface area contributed by atoms with Crippen LogP contribution in [0.15, 0.2) is 60.9 Å². The molecule has 0 unspecified atom stereocenters. The van der Waals surface area contributed by atoms with E-state index < -0.39 is 0 Å². The van der Waals surface area contributed by atoms with Crippen LogP contribution in [0.3, 0.4) is 0 Å². The molecule has 0 spiro atoms. The zero-order valence-electron chi connectivity index (χ0n) is 13.4. The number of benzene rings is 2.